The van der Waals surface area contributed by atoms with Gasteiger partial charge in [0.25, 0.3) is 0 Å². The minimum absolute atomic E-state index is 0.128. The Hall–Kier alpha value is -1.95. The number of carboxylic acids is 1. The first-order chi connectivity index (χ1) is 6.07. The van der Waals surface area contributed by atoms with Crippen LogP contribution in [0.1, 0.15) is 21.5 Å². The normalized spacial score (nSPS) is 9.23. The molecule has 66 valence electrons. The number of phenols is 1. The smallest absolute Gasteiger partial charge is 0.339 e. The molecule has 1 aromatic carbocycles. The van der Waals surface area contributed by atoms with Crippen molar-refractivity contribution < 1.29 is 15.0 Å². The van der Waals surface area contributed by atoms with Crippen molar-refractivity contribution in [3.05, 3.63) is 28.8 Å². The maximum Gasteiger partial charge on any atom is 0.339 e. The van der Waals surface area contributed by atoms with Gasteiger partial charge in [-0.2, -0.15) is 0 Å². The highest BCUT2D eigenvalue weighted by atomic mass is 16.4. The molecule has 0 spiro atoms. The van der Waals surface area contributed by atoms with Crippen LogP contribution in [0.4, 0.5) is 0 Å². The minimum atomic E-state index is -1.16. The van der Waals surface area contributed by atoms with Crippen molar-refractivity contribution in [3.8, 4) is 18.1 Å². The molecule has 3 nitrogen and oxygen atoms in total. The molecule has 0 unspecified atom stereocenters. The van der Waals surface area contributed by atoms with E-state index in [-0.39, 0.29) is 11.3 Å². The quantitative estimate of drug-likeness (QED) is 0.635. The fourth-order valence-electron chi connectivity index (χ4n) is 1.03. The van der Waals surface area contributed by atoms with E-state index in [4.69, 9.17) is 11.5 Å². The molecule has 0 radical (unpaired) electrons. The summed E-state index contributed by atoms with van der Waals surface area (Å²) in [6.45, 7) is 1.58. The first-order valence-electron chi connectivity index (χ1n) is 3.60. The summed E-state index contributed by atoms with van der Waals surface area (Å²) in [6.07, 6.45) is 5.14. The highest BCUT2D eigenvalue weighted by Crippen LogP contribution is 2.24. The largest absolute Gasteiger partial charge is 0.507 e. The number of hydrogen-bond donors (Lipinski definition) is 2. The summed E-state index contributed by atoms with van der Waals surface area (Å²) in [6, 6.07) is 2.79. The molecule has 0 saturated heterocycles. The molecule has 0 fully saturated rings. The summed E-state index contributed by atoms with van der Waals surface area (Å²) in [5.74, 6) is 0.925. The zero-order chi connectivity index (χ0) is 10.0. The molecule has 1 aromatic rings. The average molecular weight is 176 g/mol. The van der Waals surface area contributed by atoms with Crippen molar-refractivity contribution in [2.75, 3.05) is 0 Å². The van der Waals surface area contributed by atoms with Crippen LogP contribution < -0.4 is 0 Å². The summed E-state index contributed by atoms with van der Waals surface area (Å²) in [5.41, 5.74) is 0.793. The lowest BCUT2D eigenvalue weighted by Gasteiger charge is -2.04. The third kappa shape index (κ3) is 1.47. The van der Waals surface area contributed by atoms with E-state index in [0.29, 0.717) is 11.1 Å². The standard InChI is InChI=1S/C10H8O3/c1-3-7-4-5-8(10(12)13)9(11)6(7)2/h1,4-5,11H,2H3,(H,12,13). The number of aromatic hydroxyl groups is 1. The fourth-order valence-corrected chi connectivity index (χ4v) is 1.03. The van der Waals surface area contributed by atoms with Gasteiger partial charge in [-0.25, -0.2) is 4.79 Å². The van der Waals surface area contributed by atoms with E-state index in [2.05, 4.69) is 5.92 Å². The lowest BCUT2D eigenvalue weighted by Crippen LogP contribution is -1.98. The van der Waals surface area contributed by atoms with Gasteiger partial charge in [0.1, 0.15) is 11.3 Å². The van der Waals surface area contributed by atoms with Gasteiger partial charge in [-0.3, -0.25) is 0 Å². The highest BCUT2D eigenvalue weighted by Gasteiger charge is 2.12. The van der Waals surface area contributed by atoms with Crippen LogP contribution in [-0.2, 0) is 0 Å². The number of benzene rings is 1. The Morgan fingerprint density at radius 2 is 2.15 bits per heavy atom. The van der Waals surface area contributed by atoms with Crippen LogP contribution in [0.5, 0.6) is 5.75 Å². The van der Waals surface area contributed by atoms with Gasteiger partial charge in [-0.15, -0.1) is 6.42 Å². The summed E-state index contributed by atoms with van der Waals surface area (Å²) < 4.78 is 0. The predicted octanol–water partition coefficient (Wildman–Crippen LogP) is 1.38. The number of carbonyl (C=O) groups is 1. The fraction of sp³-hybridized carbons (Fsp3) is 0.100. The number of terminal acetylenes is 1. The Morgan fingerprint density at radius 3 is 2.62 bits per heavy atom. The van der Waals surface area contributed by atoms with Crippen LogP contribution >= 0.6 is 0 Å². The second kappa shape index (κ2) is 3.20. The van der Waals surface area contributed by atoms with Crippen LogP contribution in [0, 0.1) is 19.3 Å². The Bertz CT molecular complexity index is 399. The molecular formula is C10H8O3. The SMILES string of the molecule is C#Cc1ccc(C(=O)O)c(O)c1C. The van der Waals surface area contributed by atoms with Crippen LogP contribution in [0.25, 0.3) is 0 Å². The number of hydrogen-bond acceptors (Lipinski definition) is 2. The molecule has 3 heteroatoms. The van der Waals surface area contributed by atoms with Gasteiger partial charge in [0.05, 0.1) is 0 Å². The first-order valence-corrected chi connectivity index (χ1v) is 3.60. The number of rotatable bonds is 1. The summed E-state index contributed by atoms with van der Waals surface area (Å²) in [5, 5.41) is 18.0. The Kier molecular flexibility index (Phi) is 2.25. The topological polar surface area (TPSA) is 57.5 Å². The van der Waals surface area contributed by atoms with Gasteiger partial charge in [0.15, 0.2) is 0 Å². The van der Waals surface area contributed by atoms with E-state index in [0.717, 1.165) is 0 Å². The third-order valence-corrected chi connectivity index (χ3v) is 1.82. The first kappa shape index (κ1) is 9.14. The summed E-state index contributed by atoms with van der Waals surface area (Å²) >= 11 is 0. The van der Waals surface area contributed by atoms with Crippen molar-refractivity contribution in [2.45, 2.75) is 6.92 Å². The zero-order valence-electron chi connectivity index (χ0n) is 7.03. The molecule has 2 N–H and O–H groups in total. The molecular weight excluding hydrogens is 168 g/mol. The average Bonchev–Trinajstić information content (AvgIpc) is 2.09. The van der Waals surface area contributed by atoms with E-state index in [1.165, 1.54) is 12.1 Å². The maximum atomic E-state index is 10.6. The molecule has 0 bridgehead atoms. The van der Waals surface area contributed by atoms with Crippen molar-refractivity contribution in [3.63, 3.8) is 0 Å². The molecule has 0 aliphatic carbocycles. The Morgan fingerprint density at radius 1 is 1.54 bits per heavy atom. The van der Waals surface area contributed by atoms with Gasteiger partial charge >= 0.3 is 5.97 Å². The maximum absolute atomic E-state index is 10.6. The third-order valence-electron chi connectivity index (χ3n) is 1.82. The predicted molar refractivity (Wildman–Crippen MR) is 47.7 cm³/mol. The molecule has 0 amide bonds. The van der Waals surface area contributed by atoms with Crippen molar-refractivity contribution in [2.24, 2.45) is 0 Å². The lowest BCUT2D eigenvalue weighted by atomic mass is 10.0. The van der Waals surface area contributed by atoms with Crippen LogP contribution in [-0.4, -0.2) is 16.2 Å². The molecule has 0 heterocycles. The van der Waals surface area contributed by atoms with E-state index in [9.17, 15) is 9.90 Å². The van der Waals surface area contributed by atoms with Crippen LogP contribution in [0.2, 0.25) is 0 Å². The minimum Gasteiger partial charge on any atom is -0.507 e. The van der Waals surface area contributed by atoms with E-state index in [1.807, 2.05) is 0 Å². The van der Waals surface area contributed by atoms with Gasteiger partial charge in [0.2, 0.25) is 0 Å². The van der Waals surface area contributed by atoms with E-state index >= 15 is 0 Å². The monoisotopic (exact) mass is 176 g/mol. The molecule has 0 aliphatic rings. The molecule has 1 rings (SSSR count). The van der Waals surface area contributed by atoms with Gasteiger partial charge < -0.3 is 10.2 Å². The zero-order valence-corrected chi connectivity index (χ0v) is 7.03. The molecule has 0 saturated carbocycles. The van der Waals surface area contributed by atoms with Crippen molar-refractivity contribution in [1.29, 1.82) is 0 Å². The van der Waals surface area contributed by atoms with Crippen molar-refractivity contribution >= 4 is 5.97 Å². The van der Waals surface area contributed by atoms with Crippen molar-refractivity contribution in [1.82, 2.24) is 0 Å². The summed E-state index contributed by atoms with van der Waals surface area (Å²) in [7, 11) is 0. The van der Waals surface area contributed by atoms with Gasteiger partial charge in [-0.05, 0) is 19.1 Å². The molecule has 0 aliphatic heterocycles. The molecule has 0 aromatic heterocycles. The van der Waals surface area contributed by atoms with Crippen LogP contribution in [0.3, 0.4) is 0 Å². The number of carboxylic acid groups (broad SMARTS) is 1. The van der Waals surface area contributed by atoms with Crippen LogP contribution in [0.15, 0.2) is 12.1 Å². The Balaban J connectivity index is 3.42. The second-order valence-corrected chi connectivity index (χ2v) is 2.58. The van der Waals surface area contributed by atoms with Gasteiger partial charge in [0, 0.05) is 11.1 Å². The molecule has 0 atom stereocenters. The number of aromatic carboxylic acids is 1. The van der Waals surface area contributed by atoms with Gasteiger partial charge in [-0.1, -0.05) is 5.92 Å². The molecule has 13 heavy (non-hydrogen) atoms. The summed E-state index contributed by atoms with van der Waals surface area (Å²) in [4.78, 5) is 10.6. The van der Waals surface area contributed by atoms with E-state index < -0.39 is 5.97 Å². The highest BCUT2D eigenvalue weighted by molar-refractivity contribution is 5.91. The Labute approximate surface area is 75.6 Å². The lowest BCUT2D eigenvalue weighted by molar-refractivity contribution is 0.0693. The van der Waals surface area contributed by atoms with E-state index in [1.54, 1.807) is 6.92 Å². The second-order valence-electron chi connectivity index (χ2n) is 2.58.